The third-order valence-electron chi connectivity index (χ3n) is 4.54. The number of rotatable bonds is 8. The van der Waals surface area contributed by atoms with Gasteiger partial charge in [0.25, 0.3) is 0 Å². The molecule has 1 fully saturated rings. The zero-order valence-electron chi connectivity index (χ0n) is 17.1. The van der Waals surface area contributed by atoms with Gasteiger partial charge in [-0.05, 0) is 54.7 Å². The van der Waals surface area contributed by atoms with Crippen LogP contribution in [0.3, 0.4) is 0 Å². The van der Waals surface area contributed by atoms with E-state index in [2.05, 4.69) is 60.7 Å². The summed E-state index contributed by atoms with van der Waals surface area (Å²) in [5, 5.41) is 23.8. The molecule has 4 N–H and O–H groups in total. The summed E-state index contributed by atoms with van der Waals surface area (Å²) in [6.07, 6.45) is 4.66. The monoisotopic (exact) mass is 398 g/mol. The van der Waals surface area contributed by atoms with Gasteiger partial charge in [-0.3, -0.25) is 0 Å². The lowest BCUT2D eigenvalue weighted by Crippen LogP contribution is -2.22. The number of anilines is 1. The molecule has 0 saturated carbocycles. The van der Waals surface area contributed by atoms with Gasteiger partial charge in [0.2, 0.25) is 0 Å². The summed E-state index contributed by atoms with van der Waals surface area (Å²) < 4.78 is 3.21. The summed E-state index contributed by atoms with van der Waals surface area (Å²) in [6, 6.07) is 4.01. The van der Waals surface area contributed by atoms with E-state index in [0.29, 0.717) is 11.5 Å². The van der Waals surface area contributed by atoms with Crippen molar-refractivity contribution in [3.05, 3.63) is 46.0 Å². The number of pyridine rings is 1. The highest BCUT2D eigenvalue weighted by molar-refractivity contribution is 8.02. The van der Waals surface area contributed by atoms with Crippen molar-refractivity contribution in [1.29, 1.82) is 10.7 Å². The number of allylic oxidation sites excluding steroid dienone is 2. The lowest BCUT2D eigenvalue weighted by atomic mass is 9.96. The van der Waals surface area contributed by atoms with E-state index < -0.39 is 0 Å². The zero-order valence-corrected chi connectivity index (χ0v) is 18.0. The Balaban J connectivity index is 2.21. The quantitative estimate of drug-likeness (QED) is 0.365. The Morgan fingerprint density at radius 1 is 1.36 bits per heavy atom. The first-order valence-corrected chi connectivity index (χ1v) is 10.5. The second kappa shape index (κ2) is 10.2. The van der Waals surface area contributed by atoms with Crippen molar-refractivity contribution in [3.63, 3.8) is 0 Å². The van der Waals surface area contributed by atoms with Gasteiger partial charge >= 0.3 is 0 Å². The largest absolute Gasteiger partial charge is 0.387 e. The predicted octanol–water partition coefficient (Wildman–Crippen LogP) is 4.96. The van der Waals surface area contributed by atoms with Crippen molar-refractivity contribution < 1.29 is 0 Å². The Hall–Kier alpha value is -2.46. The highest BCUT2D eigenvalue weighted by Crippen LogP contribution is 2.33. The van der Waals surface area contributed by atoms with Gasteiger partial charge < -0.3 is 20.8 Å². The second-order valence-corrected chi connectivity index (χ2v) is 8.30. The lowest BCUT2D eigenvalue weighted by molar-refractivity contribution is 0.588. The maximum atomic E-state index is 9.32. The molecule has 0 aromatic carbocycles. The van der Waals surface area contributed by atoms with Gasteiger partial charge in [-0.25, -0.2) is 4.98 Å². The molecule has 6 nitrogen and oxygen atoms in total. The normalized spacial score (nSPS) is 15.6. The average molecular weight is 399 g/mol. The summed E-state index contributed by atoms with van der Waals surface area (Å²) >= 11 is 1.38. The van der Waals surface area contributed by atoms with E-state index in [1.807, 2.05) is 6.07 Å². The lowest BCUT2D eigenvalue weighted by Gasteiger charge is -2.22. The van der Waals surface area contributed by atoms with E-state index in [1.165, 1.54) is 24.6 Å². The highest BCUT2D eigenvalue weighted by Gasteiger charge is 2.18. The number of aromatic nitrogens is 1. The molecule has 0 unspecified atom stereocenters. The standard InChI is InChI=1S/C21H30N6S/c1-13(2)17-10-16(11-22)26-20(14(3)4)21(17)25-15(5)27-28-19(12-23)18-8-6-7-9-24-18/h10,12-14,23-25,27H,5-9H2,1-4H3/b19-18+,23-12?. The summed E-state index contributed by atoms with van der Waals surface area (Å²) in [5.74, 6) is 1.02. The molecule has 7 heteroatoms. The fraction of sp³-hybridized carbons (Fsp3) is 0.476. The molecule has 0 spiro atoms. The van der Waals surface area contributed by atoms with Crippen LogP contribution in [0.1, 0.15) is 75.7 Å². The molecule has 0 radical (unpaired) electrons. The van der Waals surface area contributed by atoms with Crippen molar-refractivity contribution >= 4 is 23.8 Å². The number of nitriles is 1. The Bertz CT molecular complexity index is 767. The third-order valence-corrected chi connectivity index (χ3v) is 5.47. The van der Waals surface area contributed by atoms with Crippen molar-refractivity contribution in [1.82, 2.24) is 15.0 Å². The van der Waals surface area contributed by atoms with Crippen LogP contribution in [-0.4, -0.2) is 17.7 Å². The summed E-state index contributed by atoms with van der Waals surface area (Å²) in [6.45, 7) is 13.4. The van der Waals surface area contributed by atoms with Crippen LogP contribution in [0.15, 0.2) is 29.1 Å². The average Bonchev–Trinajstić information content (AvgIpc) is 2.68. The fourth-order valence-electron chi connectivity index (χ4n) is 3.09. The van der Waals surface area contributed by atoms with Crippen LogP contribution in [0.25, 0.3) is 0 Å². The summed E-state index contributed by atoms with van der Waals surface area (Å²) in [5.41, 5.74) is 4.35. The van der Waals surface area contributed by atoms with Gasteiger partial charge in [-0.15, -0.1) is 0 Å². The Morgan fingerprint density at radius 3 is 2.64 bits per heavy atom. The van der Waals surface area contributed by atoms with Crippen LogP contribution in [0, 0.1) is 16.7 Å². The minimum absolute atomic E-state index is 0.166. The SMILES string of the molecule is C=C(NS/C(C=N)=C1\CCCCN1)Nc1c(C(C)C)cc(C#N)nc1C(C)C. The van der Waals surface area contributed by atoms with Gasteiger partial charge in [0.15, 0.2) is 0 Å². The van der Waals surface area contributed by atoms with Crippen LogP contribution < -0.4 is 15.4 Å². The molecular weight excluding hydrogens is 368 g/mol. The minimum Gasteiger partial charge on any atom is -0.387 e. The molecule has 2 heterocycles. The number of hydrogen-bond donors (Lipinski definition) is 4. The Kier molecular flexibility index (Phi) is 7.94. The topological polar surface area (TPSA) is 96.6 Å². The third kappa shape index (κ3) is 5.52. The first-order valence-electron chi connectivity index (χ1n) is 9.68. The number of hydrogen-bond acceptors (Lipinski definition) is 7. The van der Waals surface area contributed by atoms with Crippen LogP contribution in [0.5, 0.6) is 0 Å². The van der Waals surface area contributed by atoms with Crippen LogP contribution in [-0.2, 0) is 0 Å². The molecule has 0 bridgehead atoms. The molecule has 1 aliphatic heterocycles. The smallest absolute Gasteiger partial charge is 0.141 e. The van der Waals surface area contributed by atoms with Gasteiger partial charge in [-0.2, -0.15) is 5.26 Å². The van der Waals surface area contributed by atoms with E-state index >= 15 is 0 Å². The summed E-state index contributed by atoms with van der Waals surface area (Å²) in [7, 11) is 0. The molecule has 0 aliphatic carbocycles. The van der Waals surface area contributed by atoms with Crippen molar-refractivity contribution in [2.45, 2.75) is 58.8 Å². The molecule has 2 rings (SSSR count). The molecule has 0 amide bonds. The van der Waals surface area contributed by atoms with E-state index in [0.717, 1.165) is 46.9 Å². The van der Waals surface area contributed by atoms with Crippen LogP contribution >= 0.6 is 11.9 Å². The van der Waals surface area contributed by atoms with Gasteiger partial charge in [0.1, 0.15) is 17.6 Å². The molecule has 1 aliphatic rings. The van der Waals surface area contributed by atoms with Crippen LogP contribution in [0.4, 0.5) is 5.69 Å². The predicted molar refractivity (Wildman–Crippen MR) is 118 cm³/mol. The Labute approximate surface area is 172 Å². The molecular formula is C21H30N6S. The van der Waals surface area contributed by atoms with E-state index in [-0.39, 0.29) is 11.8 Å². The van der Waals surface area contributed by atoms with E-state index in [9.17, 15) is 5.26 Å². The van der Waals surface area contributed by atoms with Gasteiger partial charge in [0.05, 0.1) is 16.3 Å². The summed E-state index contributed by atoms with van der Waals surface area (Å²) in [4.78, 5) is 5.39. The molecule has 0 atom stereocenters. The highest BCUT2D eigenvalue weighted by atomic mass is 32.2. The first-order chi connectivity index (χ1) is 13.4. The van der Waals surface area contributed by atoms with Gasteiger partial charge in [-0.1, -0.05) is 34.3 Å². The molecule has 1 aromatic heterocycles. The maximum absolute atomic E-state index is 9.32. The number of nitrogens with zero attached hydrogens (tertiary/aromatic N) is 2. The Morgan fingerprint density at radius 2 is 2.11 bits per heavy atom. The zero-order chi connectivity index (χ0) is 20.7. The van der Waals surface area contributed by atoms with E-state index in [4.69, 9.17) is 5.41 Å². The molecule has 28 heavy (non-hydrogen) atoms. The van der Waals surface area contributed by atoms with Gasteiger partial charge in [0, 0.05) is 18.5 Å². The minimum atomic E-state index is 0.166. The molecule has 1 aromatic rings. The van der Waals surface area contributed by atoms with Crippen molar-refractivity contribution in [2.24, 2.45) is 0 Å². The fourth-order valence-corrected chi connectivity index (χ4v) is 3.73. The first kappa shape index (κ1) is 21.8. The van der Waals surface area contributed by atoms with Crippen LogP contribution in [0.2, 0.25) is 0 Å². The number of piperidine rings is 1. The second-order valence-electron chi connectivity index (χ2n) is 7.46. The van der Waals surface area contributed by atoms with Crippen molar-refractivity contribution in [3.8, 4) is 6.07 Å². The number of nitrogens with one attached hydrogen (secondary N) is 4. The van der Waals surface area contributed by atoms with E-state index in [1.54, 1.807) is 0 Å². The molecule has 1 saturated heterocycles. The molecule has 150 valence electrons. The maximum Gasteiger partial charge on any atom is 0.141 e. The van der Waals surface area contributed by atoms with Crippen molar-refractivity contribution in [2.75, 3.05) is 11.9 Å².